The molecular formula is C19H15NO. The van der Waals surface area contributed by atoms with Crippen LogP contribution in [0.5, 0.6) is 0 Å². The number of rotatable bonds is 1. The Bertz CT molecular complexity index is 946. The quantitative estimate of drug-likeness (QED) is 0.472. The summed E-state index contributed by atoms with van der Waals surface area (Å²) in [4.78, 5) is 4.65. The molecule has 4 rings (SSSR count). The lowest BCUT2D eigenvalue weighted by atomic mass is 10.1. The molecule has 4 aromatic rings. The maximum Gasteiger partial charge on any atom is 0.227 e. The van der Waals surface area contributed by atoms with Gasteiger partial charge in [0.05, 0.1) is 0 Å². The lowest BCUT2D eigenvalue weighted by Crippen LogP contribution is -1.82. The van der Waals surface area contributed by atoms with E-state index in [1.807, 2.05) is 18.2 Å². The minimum atomic E-state index is 0.688. The van der Waals surface area contributed by atoms with Crippen molar-refractivity contribution in [3.63, 3.8) is 0 Å². The van der Waals surface area contributed by atoms with E-state index in [-0.39, 0.29) is 0 Å². The molecule has 2 nitrogen and oxygen atoms in total. The Labute approximate surface area is 123 Å². The molecular weight excluding hydrogens is 258 g/mol. The monoisotopic (exact) mass is 273 g/mol. The molecule has 0 spiro atoms. The van der Waals surface area contributed by atoms with Crippen LogP contribution in [0.4, 0.5) is 0 Å². The fourth-order valence-corrected chi connectivity index (χ4v) is 2.88. The Morgan fingerprint density at radius 1 is 0.857 bits per heavy atom. The minimum absolute atomic E-state index is 0.688. The number of benzene rings is 3. The normalized spacial score (nSPS) is 11.3. The average molecular weight is 273 g/mol. The van der Waals surface area contributed by atoms with Crippen LogP contribution < -0.4 is 0 Å². The van der Waals surface area contributed by atoms with Crippen LogP contribution in [0.2, 0.25) is 0 Å². The van der Waals surface area contributed by atoms with Gasteiger partial charge in [0.25, 0.3) is 0 Å². The van der Waals surface area contributed by atoms with Crippen LogP contribution in [-0.2, 0) is 0 Å². The van der Waals surface area contributed by atoms with Crippen molar-refractivity contribution in [2.24, 2.45) is 0 Å². The summed E-state index contributed by atoms with van der Waals surface area (Å²) in [5.41, 5.74) is 5.24. The average Bonchev–Trinajstić information content (AvgIpc) is 2.91. The van der Waals surface area contributed by atoms with Gasteiger partial charge < -0.3 is 4.42 Å². The molecule has 0 saturated carbocycles. The smallest absolute Gasteiger partial charge is 0.227 e. The van der Waals surface area contributed by atoms with Crippen molar-refractivity contribution in [2.75, 3.05) is 0 Å². The van der Waals surface area contributed by atoms with Crippen LogP contribution in [-0.4, -0.2) is 4.98 Å². The van der Waals surface area contributed by atoms with Crippen LogP contribution in [0, 0.1) is 13.8 Å². The first-order valence-corrected chi connectivity index (χ1v) is 7.08. The van der Waals surface area contributed by atoms with E-state index in [0.29, 0.717) is 5.89 Å². The summed E-state index contributed by atoms with van der Waals surface area (Å²) < 4.78 is 6.07. The zero-order valence-electron chi connectivity index (χ0n) is 12.1. The van der Waals surface area contributed by atoms with Crippen LogP contribution in [0.3, 0.4) is 0 Å². The summed E-state index contributed by atoms with van der Waals surface area (Å²) in [5, 5.41) is 2.28. The van der Waals surface area contributed by atoms with Crippen molar-refractivity contribution in [1.29, 1.82) is 0 Å². The third-order valence-electron chi connectivity index (χ3n) is 3.75. The summed E-state index contributed by atoms with van der Waals surface area (Å²) in [5.74, 6) is 0.688. The van der Waals surface area contributed by atoms with Crippen LogP contribution in [0.25, 0.3) is 33.3 Å². The molecule has 0 aliphatic heterocycles. The maximum atomic E-state index is 6.07. The fraction of sp³-hybridized carbons (Fsp3) is 0.105. The van der Waals surface area contributed by atoms with E-state index in [1.165, 1.54) is 16.5 Å². The van der Waals surface area contributed by atoms with Gasteiger partial charge in [-0.2, -0.15) is 0 Å². The molecule has 0 fully saturated rings. The number of fused-ring (bicyclic) bond motifs is 3. The molecule has 21 heavy (non-hydrogen) atoms. The largest absolute Gasteiger partial charge is 0.435 e. The molecule has 0 aliphatic rings. The first kappa shape index (κ1) is 12.2. The Balaban J connectivity index is 2.00. The highest BCUT2D eigenvalue weighted by Crippen LogP contribution is 2.30. The predicted molar refractivity (Wildman–Crippen MR) is 86.4 cm³/mol. The number of oxazole rings is 1. The van der Waals surface area contributed by atoms with Crippen molar-refractivity contribution in [1.82, 2.24) is 4.98 Å². The molecule has 102 valence electrons. The Kier molecular flexibility index (Phi) is 2.58. The van der Waals surface area contributed by atoms with Gasteiger partial charge in [0.15, 0.2) is 5.58 Å². The first-order chi connectivity index (χ1) is 10.2. The van der Waals surface area contributed by atoms with Crippen molar-refractivity contribution < 1.29 is 4.42 Å². The summed E-state index contributed by atoms with van der Waals surface area (Å²) in [6.07, 6.45) is 0. The third kappa shape index (κ3) is 2.00. The second-order valence-corrected chi connectivity index (χ2v) is 5.53. The molecule has 1 heterocycles. The zero-order valence-corrected chi connectivity index (χ0v) is 12.1. The summed E-state index contributed by atoms with van der Waals surface area (Å²) >= 11 is 0. The first-order valence-electron chi connectivity index (χ1n) is 7.08. The van der Waals surface area contributed by atoms with Crippen LogP contribution >= 0.6 is 0 Å². The number of nitrogens with zero attached hydrogens (tertiary/aromatic N) is 1. The number of aromatic nitrogens is 1. The molecule has 3 aromatic carbocycles. The highest BCUT2D eigenvalue weighted by molar-refractivity contribution is 6.03. The van der Waals surface area contributed by atoms with Gasteiger partial charge in [-0.1, -0.05) is 47.5 Å². The van der Waals surface area contributed by atoms with E-state index in [2.05, 4.69) is 55.2 Å². The molecule has 0 amide bonds. The highest BCUT2D eigenvalue weighted by Gasteiger charge is 2.11. The molecule has 0 aliphatic carbocycles. The maximum absolute atomic E-state index is 6.07. The highest BCUT2D eigenvalue weighted by atomic mass is 16.3. The van der Waals surface area contributed by atoms with Gasteiger partial charge in [-0.15, -0.1) is 0 Å². The molecule has 1 aromatic heterocycles. The molecule has 0 N–H and O–H groups in total. The van der Waals surface area contributed by atoms with Gasteiger partial charge in [0.2, 0.25) is 5.89 Å². The SMILES string of the molecule is Cc1cc(C)cc(-c2nc3ccc4ccccc4c3o2)c1. The number of aryl methyl sites for hydroxylation is 2. The zero-order chi connectivity index (χ0) is 14.4. The molecule has 0 radical (unpaired) electrons. The van der Waals surface area contributed by atoms with Crippen LogP contribution in [0.15, 0.2) is 59.0 Å². The summed E-state index contributed by atoms with van der Waals surface area (Å²) in [6.45, 7) is 4.18. The molecule has 2 heteroatoms. The second kappa shape index (κ2) is 4.45. The number of hydrogen-bond donors (Lipinski definition) is 0. The van der Waals surface area contributed by atoms with Crippen molar-refractivity contribution in [3.8, 4) is 11.5 Å². The Morgan fingerprint density at radius 2 is 1.62 bits per heavy atom. The minimum Gasteiger partial charge on any atom is -0.435 e. The topological polar surface area (TPSA) is 26.0 Å². The molecule has 0 atom stereocenters. The van der Waals surface area contributed by atoms with E-state index >= 15 is 0 Å². The van der Waals surface area contributed by atoms with E-state index in [4.69, 9.17) is 4.42 Å². The fourth-order valence-electron chi connectivity index (χ4n) is 2.88. The second-order valence-electron chi connectivity index (χ2n) is 5.53. The lowest BCUT2D eigenvalue weighted by molar-refractivity contribution is 0.623. The summed E-state index contributed by atoms with van der Waals surface area (Å²) in [6, 6.07) is 18.7. The van der Waals surface area contributed by atoms with Crippen molar-refractivity contribution in [2.45, 2.75) is 13.8 Å². The van der Waals surface area contributed by atoms with E-state index in [1.54, 1.807) is 0 Å². The van der Waals surface area contributed by atoms with Gasteiger partial charge in [0.1, 0.15) is 5.52 Å². The van der Waals surface area contributed by atoms with E-state index < -0.39 is 0 Å². The Morgan fingerprint density at radius 3 is 2.43 bits per heavy atom. The molecule has 0 saturated heterocycles. The van der Waals surface area contributed by atoms with Gasteiger partial charge in [-0.3, -0.25) is 0 Å². The standard InChI is InChI=1S/C19H15NO/c1-12-9-13(2)11-15(10-12)19-20-17-8-7-14-5-3-4-6-16(14)18(17)21-19/h3-11H,1-2H3. The number of hydrogen-bond acceptors (Lipinski definition) is 2. The summed E-state index contributed by atoms with van der Waals surface area (Å²) in [7, 11) is 0. The molecule has 0 bridgehead atoms. The van der Waals surface area contributed by atoms with Gasteiger partial charge in [0, 0.05) is 10.9 Å². The van der Waals surface area contributed by atoms with Crippen molar-refractivity contribution >= 4 is 21.9 Å². The van der Waals surface area contributed by atoms with Gasteiger partial charge in [-0.05, 0) is 37.4 Å². The van der Waals surface area contributed by atoms with Gasteiger partial charge >= 0.3 is 0 Å². The lowest BCUT2D eigenvalue weighted by Gasteiger charge is -2.00. The third-order valence-corrected chi connectivity index (χ3v) is 3.75. The van der Waals surface area contributed by atoms with Gasteiger partial charge in [-0.25, -0.2) is 4.98 Å². The van der Waals surface area contributed by atoms with E-state index in [9.17, 15) is 0 Å². The predicted octanol–water partition coefficient (Wildman–Crippen LogP) is 5.26. The van der Waals surface area contributed by atoms with E-state index in [0.717, 1.165) is 22.0 Å². The Hall–Kier alpha value is -2.61. The van der Waals surface area contributed by atoms with Crippen LogP contribution in [0.1, 0.15) is 11.1 Å². The van der Waals surface area contributed by atoms with Crippen molar-refractivity contribution in [3.05, 3.63) is 65.7 Å². The molecule has 0 unspecified atom stereocenters.